The molecule has 0 bridgehead atoms. The molecule has 0 N–H and O–H groups in total. The zero-order chi connectivity index (χ0) is 16.4. The van der Waals surface area contributed by atoms with Gasteiger partial charge in [-0.3, -0.25) is 9.59 Å². The van der Waals surface area contributed by atoms with Gasteiger partial charge in [-0.1, -0.05) is 60.7 Å². The Morgan fingerprint density at radius 1 is 0.783 bits per heavy atom. The van der Waals surface area contributed by atoms with Crippen LogP contribution in [0.25, 0.3) is 0 Å². The molecule has 0 atom stereocenters. The Labute approximate surface area is 137 Å². The van der Waals surface area contributed by atoms with E-state index in [0.29, 0.717) is 0 Å². The third-order valence-corrected chi connectivity index (χ3v) is 5.06. The predicted octanol–water partition coefficient (Wildman–Crippen LogP) is 4.39. The molecular formula is C21H22O2. The zero-order valence-electron chi connectivity index (χ0n) is 13.7. The first-order chi connectivity index (χ1) is 11.1. The molecule has 0 aromatic heterocycles. The second kappa shape index (κ2) is 6.11. The number of carbonyl (C=O) groups excluding carboxylic acids is 2. The van der Waals surface area contributed by atoms with E-state index >= 15 is 0 Å². The molecule has 118 valence electrons. The van der Waals surface area contributed by atoms with Crippen molar-refractivity contribution in [2.45, 2.75) is 32.6 Å². The summed E-state index contributed by atoms with van der Waals surface area (Å²) in [6, 6.07) is 20.5. The van der Waals surface area contributed by atoms with Crippen LogP contribution in [-0.4, -0.2) is 11.6 Å². The Kier molecular flexibility index (Phi) is 4.16. The van der Waals surface area contributed by atoms with Crippen molar-refractivity contribution < 1.29 is 9.59 Å². The molecule has 0 aliphatic heterocycles. The third kappa shape index (κ3) is 2.86. The molecule has 2 heteroatoms. The molecule has 1 saturated carbocycles. The lowest BCUT2D eigenvalue weighted by molar-refractivity contribution is -0.133. The van der Waals surface area contributed by atoms with Gasteiger partial charge < -0.3 is 0 Å². The minimum atomic E-state index is -0.507. The van der Waals surface area contributed by atoms with Crippen LogP contribution in [0.4, 0.5) is 0 Å². The highest BCUT2D eigenvalue weighted by atomic mass is 16.1. The maximum absolute atomic E-state index is 12.2. The molecule has 0 radical (unpaired) electrons. The number of rotatable bonds is 6. The van der Waals surface area contributed by atoms with E-state index in [1.807, 2.05) is 36.4 Å². The van der Waals surface area contributed by atoms with Crippen molar-refractivity contribution in [1.82, 2.24) is 0 Å². The fraction of sp³-hybridized carbons (Fsp3) is 0.333. The van der Waals surface area contributed by atoms with E-state index in [2.05, 4.69) is 24.3 Å². The Balaban J connectivity index is 2.13. The lowest BCUT2D eigenvalue weighted by Crippen LogP contribution is -2.34. The van der Waals surface area contributed by atoms with Crippen LogP contribution in [0.3, 0.4) is 0 Å². The molecule has 1 fully saturated rings. The predicted molar refractivity (Wildman–Crippen MR) is 91.2 cm³/mol. The summed E-state index contributed by atoms with van der Waals surface area (Å²) < 4.78 is 0. The highest BCUT2D eigenvalue weighted by molar-refractivity contribution is 6.01. The summed E-state index contributed by atoms with van der Waals surface area (Å²) >= 11 is 0. The summed E-state index contributed by atoms with van der Waals surface area (Å²) in [5.41, 5.74) is 2.10. The SMILES string of the molecule is CC(=O)C(C(C)=O)C1(C(c2ccccc2)c2ccccc2)CC1. The molecule has 2 nitrogen and oxygen atoms in total. The second-order valence-electron chi connectivity index (χ2n) is 6.64. The fourth-order valence-electron chi connectivity index (χ4n) is 4.13. The van der Waals surface area contributed by atoms with Crippen LogP contribution >= 0.6 is 0 Å². The van der Waals surface area contributed by atoms with E-state index in [-0.39, 0.29) is 22.9 Å². The van der Waals surface area contributed by atoms with Gasteiger partial charge >= 0.3 is 0 Å². The number of hydrogen-bond acceptors (Lipinski definition) is 2. The maximum atomic E-state index is 12.2. The Hall–Kier alpha value is -2.22. The van der Waals surface area contributed by atoms with Gasteiger partial charge in [0.15, 0.2) is 0 Å². The molecule has 0 saturated heterocycles. The normalized spacial score (nSPS) is 15.7. The first-order valence-electron chi connectivity index (χ1n) is 8.17. The smallest absolute Gasteiger partial charge is 0.140 e. The van der Waals surface area contributed by atoms with Gasteiger partial charge in [0.25, 0.3) is 0 Å². The first kappa shape index (κ1) is 15.7. The molecule has 0 amide bonds. The lowest BCUT2D eigenvalue weighted by atomic mass is 9.69. The Morgan fingerprint density at radius 3 is 1.48 bits per heavy atom. The first-order valence-corrected chi connectivity index (χ1v) is 8.17. The van der Waals surface area contributed by atoms with Crippen molar-refractivity contribution in [3.8, 4) is 0 Å². The maximum Gasteiger partial charge on any atom is 0.140 e. The number of benzene rings is 2. The van der Waals surface area contributed by atoms with Crippen LogP contribution in [0.15, 0.2) is 60.7 Å². The summed E-state index contributed by atoms with van der Waals surface area (Å²) in [5, 5.41) is 0. The van der Waals surface area contributed by atoms with Gasteiger partial charge in [0.05, 0.1) is 5.92 Å². The van der Waals surface area contributed by atoms with Crippen molar-refractivity contribution in [2.75, 3.05) is 0 Å². The Bertz CT molecular complexity index is 646. The summed E-state index contributed by atoms with van der Waals surface area (Å²) in [6.07, 6.45) is 1.84. The van der Waals surface area contributed by atoms with E-state index in [4.69, 9.17) is 0 Å². The number of hydrogen-bond donors (Lipinski definition) is 0. The van der Waals surface area contributed by atoms with Crippen LogP contribution in [0.5, 0.6) is 0 Å². The number of ketones is 2. The largest absolute Gasteiger partial charge is 0.299 e. The summed E-state index contributed by atoms with van der Waals surface area (Å²) in [5.74, 6) is -0.436. The summed E-state index contributed by atoms with van der Waals surface area (Å²) in [6.45, 7) is 3.11. The molecular weight excluding hydrogens is 284 g/mol. The Morgan fingerprint density at radius 2 is 1.17 bits per heavy atom. The van der Waals surface area contributed by atoms with Gasteiger partial charge in [-0.15, -0.1) is 0 Å². The van der Waals surface area contributed by atoms with Gasteiger partial charge in [0.2, 0.25) is 0 Å². The van der Waals surface area contributed by atoms with Gasteiger partial charge in [0, 0.05) is 5.92 Å². The average Bonchev–Trinajstić information content (AvgIpc) is 3.29. The van der Waals surface area contributed by atoms with E-state index in [0.717, 1.165) is 12.8 Å². The van der Waals surface area contributed by atoms with Crippen molar-refractivity contribution >= 4 is 11.6 Å². The molecule has 1 aliphatic carbocycles. The van der Waals surface area contributed by atoms with E-state index < -0.39 is 5.92 Å². The van der Waals surface area contributed by atoms with Gasteiger partial charge in [-0.25, -0.2) is 0 Å². The minimum absolute atomic E-state index is 0.00753. The standard InChI is InChI=1S/C21H22O2/c1-15(22)19(16(2)23)21(13-14-21)20(17-9-5-3-6-10-17)18-11-7-4-8-12-18/h3-12,19-20H,13-14H2,1-2H3. The highest BCUT2D eigenvalue weighted by Gasteiger charge is 2.58. The van der Waals surface area contributed by atoms with Crippen molar-refractivity contribution in [2.24, 2.45) is 11.3 Å². The fourth-order valence-corrected chi connectivity index (χ4v) is 4.13. The van der Waals surface area contributed by atoms with E-state index in [9.17, 15) is 9.59 Å². The summed E-state index contributed by atoms with van der Waals surface area (Å²) in [4.78, 5) is 24.4. The molecule has 2 aromatic carbocycles. The number of carbonyl (C=O) groups is 2. The second-order valence-corrected chi connectivity index (χ2v) is 6.64. The average molecular weight is 306 g/mol. The minimum Gasteiger partial charge on any atom is -0.299 e. The quantitative estimate of drug-likeness (QED) is 0.742. The van der Waals surface area contributed by atoms with E-state index in [1.165, 1.54) is 11.1 Å². The van der Waals surface area contributed by atoms with Crippen LogP contribution in [0.2, 0.25) is 0 Å². The molecule has 0 unspecified atom stereocenters. The van der Waals surface area contributed by atoms with Crippen LogP contribution < -0.4 is 0 Å². The van der Waals surface area contributed by atoms with Gasteiger partial charge in [0.1, 0.15) is 11.6 Å². The molecule has 23 heavy (non-hydrogen) atoms. The topological polar surface area (TPSA) is 34.1 Å². The zero-order valence-corrected chi connectivity index (χ0v) is 13.7. The number of Topliss-reactive ketones (excluding diaryl/α,β-unsaturated/α-hetero) is 2. The lowest BCUT2D eigenvalue weighted by Gasteiger charge is -2.32. The van der Waals surface area contributed by atoms with Crippen LogP contribution in [0.1, 0.15) is 43.7 Å². The molecule has 1 aliphatic rings. The molecule has 2 aromatic rings. The van der Waals surface area contributed by atoms with Gasteiger partial charge in [-0.05, 0) is 43.2 Å². The molecule has 0 spiro atoms. The van der Waals surface area contributed by atoms with Crippen LogP contribution in [0, 0.1) is 11.3 Å². The van der Waals surface area contributed by atoms with Gasteiger partial charge in [-0.2, -0.15) is 0 Å². The molecule has 3 rings (SSSR count). The highest BCUT2D eigenvalue weighted by Crippen LogP contribution is 2.63. The van der Waals surface area contributed by atoms with Crippen LogP contribution in [-0.2, 0) is 9.59 Å². The third-order valence-electron chi connectivity index (χ3n) is 5.06. The monoisotopic (exact) mass is 306 g/mol. The molecule has 0 heterocycles. The van der Waals surface area contributed by atoms with Crippen molar-refractivity contribution in [3.05, 3.63) is 71.8 Å². The van der Waals surface area contributed by atoms with Crippen molar-refractivity contribution in [1.29, 1.82) is 0 Å². The summed E-state index contributed by atoms with van der Waals surface area (Å²) in [7, 11) is 0. The van der Waals surface area contributed by atoms with E-state index in [1.54, 1.807) is 13.8 Å². The van der Waals surface area contributed by atoms with Crippen molar-refractivity contribution in [3.63, 3.8) is 0 Å².